The lowest BCUT2D eigenvalue weighted by atomic mass is 10.1. The molecule has 3 aromatic rings. The molecule has 0 saturated carbocycles. The summed E-state index contributed by atoms with van der Waals surface area (Å²) < 4.78 is 0. The number of nitrogens with two attached hydrogens (primary N) is 1. The van der Waals surface area contributed by atoms with Gasteiger partial charge in [-0.25, -0.2) is 9.69 Å². The molecule has 3 amide bonds. The molecule has 26 heavy (non-hydrogen) atoms. The Labute approximate surface area is 156 Å². The number of para-hydroxylation sites is 1. The topological polar surface area (TPSA) is 75.4 Å². The van der Waals surface area contributed by atoms with Crippen molar-refractivity contribution >= 4 is 40.6 Å². The van der Waals surface area contributed by atoms with Crippen LogP contribution in [0, 0.1) is 0 Å². The molecule has 5 nitrogen and oxygen atoms in total. The molecule has 6 heteroatoms. The number of nitrogens with one attached hydrogen (secondary N) is 1. The van der Waals surface area contributed by atoms with Crippen LogP contribution in [0.3, 0.4) is 0 Å². The Morgan fingerprint density at radius 3 is 2.00 bits per heavy atom. The molecule has 0 unspecified atom stereocenters. The van der Waals surface area contributed by atoms with Crippen LogP contribution < -0.4 is 16.0 Å². The van der Waals surface area contributed by atoms with Crippen molar-refractivity contribution < 1.29 is 9.59 Å². The van der Waals surface area contributed by atoms with Gasteiger partial charge >= 0.3 is 6.03 Å². The van der Waals surface area contributed by atoms with Crippen LogP contribution in [0.4, 0.5) is 21.9 Å². The maximum atomic E-state index is 12.7. The molecule has 3 N–H and O–H groups in total. The second kappa shape index (κ2) is 7.72. The van der Waals surface area contributed by atoms with Gasteiger partial charge in [0.1, 0.15) is 0 Å². The molecule has 0 heterocycles. The highest BCUT2D eigenvalue weighted by Crippen LogP contribution is 2.24. The van der Waals surface area contributed by atoms with Gasteiger partial charge in [0, 0.05) is 11.4 Å². The molecule has 0 atom stereocenters. The summed E-state index contributed by atoms with van der Waals surface area (Å²) in [5.74, 6) is -0.577. The van der Waals surface area contributed by atoms with Gasteiger partial charge in [-0.2, -0.15) is 0 Å². The van der Waals surface area contributed by atoms with Gasteiger partial charge in [0.15, 0.2) is 0 Å². The third kappa shape index (κ3) is 3.84. The zero-order valence-electron chi connectivity index (χ0n) is 13.7. The highest BCUT2D eigenvalue weighted by atomic mass is 35.5. The first-order valence-electron chi connectivity index (χ1n) is 7.87. The van der Waals surface area contributed by atoms with Crippen LogP contribution in [-0.4, -0.2) is 11.9 Å². The predicted octanol–water partition coefficient (Wildman–Crippen LogP) is 4.81. The van der Waals surface area contributed by atoms with Gasteiger partial charge in [-0.3, -0.25) is 4.79 Å². The van der Waals surface area contributed by atoms with Gasteiger partial charge < -0.3 is 11.1 Å². The van der Waals surface area contributed by atoms with Crippen molar-refractivity contribution in [1.29, 1.82) is 0 Å². The Balaban J connectivity index is 1.86. The maximum absolute atomic E-state index is 12.7. The first kappa shape index (κ1) is 17.5. The zero-order valence-corrected chi connectivity index (χ0v) is 14.5. The first-order chi connectivity index (χ1) is 12.6. The number of benzene rings is 3. The number of hydrogen-bond acceptors (Lipinski definition) is 3. The minimum Gasteiger partial charge on any atom is -0.356 e. The number of carbonyl (C=O) groups excluding carboxylic acids is 2. The van der Waals surface area contributed by atoms with Crippen LogP contribution in [0.1, 0.15) is 10.4 Å². The molecule has 130 valence electrons. The number of anilines is 3. The highest BCUT2D eigenvalue weighted by Gasteiger charge is 2.24. The summed E-state index contributed by atoms with van der Waals surface area (Å²) >= 11 is 6.06. The zero-order chi connectivity index (χ0) is 18.5. The molecule has 0 aromatic heterocycles. The number of imide groups is 1. The maximum Gasteiger partial charge on any atom is 0.326 e. The number of carbonyl (C=O) groups is 2. The van der Waals surface area contributed by atoms with Gasteiger partial charge in [0.05, 0.1) is 16.3 Å². The summed E-state index contributed by atoms with van der Waals surface area (Å²) in [5.41, 5.74) is 7.74. The van der Waals surface area contributed by atoms with E-state index in [1.165, 1.54) is 0 Å². The number of halogens is 1. The van der Waals surface area contributed by atoms with E-state index in [-0.39, 0.29) is 10.6 Å². The number of amides is 3. The van der Waals surface area contributed by atoms with Gasteiger partial charge in [-0.1, -0.05) is 41.9 Å². The highest BCUT2D eigenvalue weighted by molar-refractivity contribution is 6.35. The molecule has 0 bridgehead atoms. The van der Waals surface area contributed by atoms with E-state index in [9.17, 15) is 9.59 Å². The first-order valence-corrected chi connectivity index (χ1v) is 8.24. The lowest BCUT2D eigenvalue weighted by Gasteiger charge is -2.19. The molecule has 0 radical (unpaired) electrons. The molecule has 0 fully saturated rings. The van der Waals surface area contributed by atoms with Gasteiger partial charge in [0.25, 0.3) is 5.91 Å². The summed E-state index contributed by atoms with van der Waals surface area (Å²) in [4.78, 5) is 25.5. The summed E-state index contributed by atoms with van der Waals surface area (Å²) in [6.07, 6.45) is 0. The van der Waals surface area contributed by atoms with Crippen LogP contribution in [0.25, 0.3) is 0 Å². The van der Waals surface area contributed by atoms with Crippen LogP contribution >= 0.6 is 11.6 Å². The summed E-state index contributed by atoms with van der Waals surface area (Å²) in [5, 5.41) is 3.48. The van der Waals surface area contributed by atoms with Gasteiger partial charge in [-0.15, -0.1) is 0 Å². The van der Waals surface area contributed by atoms with Crippen molar-refractivity contribution in [1.82, 2.24) is 0 Å². The Hall–Kier alpha value is -3.31. The molecule has 0 aliphatic heterocycles. The second-order valence-electron chi connectivity index (χ2n) is 5.50. The SMILES string of the molecule is NC(=O)N(C(=O)c1ccccc1Cl)c1ccc(Nc2ccccc2)cc1. The number of nitrogens with zero attached hydrogens (tertiary/aromatic N) is 1. The lowest BCUT2D eigenvalue weighted by molar-refractivity contribution is 0.0995. The van der Waals surface area contributed by atoms with Crippen molar-refractivity contribution in [3.63, 3.8) is 0 Å². The third-order valence-corrected chi connectivity index (χ3v) is 4.05. The molecule has 3 rings (SSSR count). The van der Waals surface area contributed by atoms with Crippen LogP contribution in [-0.2, 0) is 0 Å². The van der Waals surface area contributed by atoms with Crippen molar-refractivity contribution in [2.24, 2.45) is 5.73 Å². The van der Waals surface area contributed by atoms with Crippen molar-refractivity contribution in [3.8, 4) is 0 Å². The normalized spacial score (nSPS) is 10.2. The Kier molecular flexibility index (Phi) is 5.20. The minimum absolute atomic E-state index is 0.208. The molecule has 0 aliphatic rings. The van der Waals surface area contributed by atoms with E-state index in [2.05, 4.69) is 5.32 Å². The van der Waals surface area contributed by atoms with E-state index in [0.29, 0.717) is 5.69 Å². The van der Waals surface area contributed by atoms with E-state index in [1.807, 2.05) is 30.3 Å². The Morgan fingerprint density at radius 2 is 1.38 bits per heavy atom. The predicted molar refractivity (Wildman–Crippen MR) is 104 cm³/mol. The van der Waals surface area contributed by atoms with Crippen molar-refractivity contribution in [2.75, 3.05) is 10.2 Å². The minimum atomic E-state index is -0.876. The van der Waals surface area contributed by atoms with Gasteiger partial charge in [0.2, 0.25) is 0 Å². The largest absolute Gasteiger partial charge is 0.356 e. The van der Waals surface area contributed by atoms with Crippen molar-refractivity contribution in [3.05, 3.63) is 89.4 Å². The van der Waals surface area contributed by atoms with Crippen molar-refractivity contribution in [2.45, 2.75) is 0 Å². The molecular formula is C20H16ClN3O2. The number of rotatable bonds is 4. The second-order valence-corrected chi connectivity index (χ2v) is 5.90. The molecule has 0 aliphatic carbocycles. The van der Waals surface area contributed by atoms with E-state index >= 15 is 0 Å². The fourth-order valence-electron chi connectivity index (χ4n) is 2.48. The van der Waals surface area contributed by atoms with E-state index in [1.54, 1.807) is 48.5 Å². The number of urea groups is 1. The average Bonchev–Trinajstić information content (AvgIpc) is 2.64. The fraction of sp³-hybridized carbons (Fsp3) is 0. The summed E-state index contributed by atoms with van der Waals surface area (Å²) in [7, 11) is 0. The Bertz CT molecular complexity index is 927. The molecule has 0 saturated heterocycles. The van der Waals surface area contributed by atoms with Crippen LogP contribution in [0.2, 0.25) is 5.02 Å². The quantitative estimate of drug-likeness (QED) is 0.696. The van der Waals surface area contributed by atoms with E-state index in [4.69, 9.17) is 17.3 Å². The van der Waals surface area contributed by atoms with E-state index in [0.717, 1.165) is 16.3 Å². The monoisotopic (exact) mass is 365 g/mol. The summed E-state index contributed by atoms with van der Waals surface area (Å²) in [6, 6.07) is 22.1. The third-order valence-electron chi connectivity index (χ3n) is 3.72. The van der Waals surface area contributed by atoms with E-state index < -0.39 is 11.9 Å². The summed E-state index contributed by atoms with van der Waals surface area (Å²) in [6.45, 7) is 0. The number of primary amides is 1. The number of hydrogen-bond donors (Lipinski definition) is 2. The fourth-order valence-corrected chi connectivity index (χ4v) is 2.70. The molecule has 3 aromatic carbocycles. The standard InChI is InChI=1S/C20H16ClN3O2/c21-18-9-5-4-8-17(18)19(25)24(20(22)26)16-12-10-15(11-13-16)23-14-6-2-1-3-7-14/h1-13,23H,(H2,22,26). The van der Waals surface area contributed by atoms with Crippen LogP contribution in [0.5, 0.6) is 0 Å². The van der Waals surface area contributed by atoms with Gasteiger partial charge in [-0.05, 0) is 48.5 Å². The molecule has 0 spiro atoms. The molecular weight excluding hydrogens is 350 g/mol. The Morgan fingerprint density at radius 1 is 0.808 bits per heavy atom. The average molecular weight is 366 g/mol. The lowest BCUT2D eigenvalue weighted by Crippen LogP contribution is -2.41. The van der Waals surface area contributed by atoms with Crippen LogP contribution in [0.15, 0.2) is 78.9 Å². The smallest absolute Gasteiger partial charge is 0.326 e.